The van der Waals surface area contributed by atoms with Crippen LogP contribution in [0, 0.1) is 0 Å². The Hall–Kier alpha value is -1.77. The highest BCUT2D eigenvalue weighted by Gasteiger charge is 1.89. The zero-order chi connectivity index (χ0) is 8.81. The highest BCUT2D eigenvalue weighted by molar-refractivity contribution is 5.86. The third-order valence-electron chi connectivity index (χ3n) is 1.27. The van der Waals surface area contributed by atoms with Gasteiger partial charge in [0, 0.05) is 18.0 Å². The monoisotopic (exact) mass is 162 g/mol. The third-order valence-corrected chi connectivity index (χ3v) is 1.27. The second-order valence-electron chi connectivity index (χ2n) is 2.25. The second-order valence-corrected chi connectivity index (χ2v) is 2.25. The van der Waals surface area contributed by atoms with Crippen LogP contribution >= 0.6 is 0 Å². The molecule has 0 aliphatic carbocycles. The van der Waals surface area contributed by atoms with E-state index in [1.807, 2.05) is 24.3 Å². The van der Waals surface area contributed by atoms with Crippen molar-refractivity contribution in [2.75, 3.05) is 0 Å². The molecule has 62 valence electrons. The molecule has 0 aromatic heterocycles. The Bertz CT molecular complexity index is 285. The number of nitrogens with one attached hydrogen (secondary N) is 1. The van der Waals surface area contributed by atoms with Gasteiger partial charge in [-0.3, -0.25) is 4.79 Å². The van der Waals surface area contributed by atoms with Crippen LogP contribution < -0.4 is 11.1 Å². The molecule has 1 aliphatic rings. The van der Waals surface area contributed by atoms with Gasteiger partial charge >= 0.3 is 0 Å². The number of carbonyl (C=O) groups is 1. The Kier molecular flexibility index (Phi) is 2.90. The fourth-order valence-corrected chi connectivity index (χ4v) is 0.747. The lowest BCUT2D eigenvalue weighted by Gasteiger charge is -1.96. The average Bonchev–Trinajstić information content (AvgIpc) is 2.28. The van der Waals surface area contributed by atoms with Crippen molar-refractivity contribution < 1.29 is 4.79 Å². The van der Waals surface area contributed by atoms with Crippen LogP contribution in [0.1, 0.15) is 0 Å². The van der Waals surface area contributed by atoms with Crippen LogP contribution in [-0.2, 0) is 4.79 Å². The number of amides is 1. The van der Waals surface area contributed by atoms with Crippen LogP contribution in [-0.4, -0.2) is 5.91 Å². The quantitative estimate of drug-likeness (QED) is 0.584. The number of carbonyl (C=O) groups excluding carboxylic acids is 1. The van der Waals surface area contributed by atoms with Gasteiger partial charge in [-0.05, 0) is 18.2 Å². The average molecular weight is 162 g/mol. The number of nitrogens with two attached hydrogens (primary N) is 1. The van der Waals surface area contributed by atoms with Gasteiger partial charge in [-0.1, -0.05) is 12.2 Å². The molecule has 0 aromatic rings. The van der Waals surface area contributed by atoms with Crippen LogP contribution in [0.15, 0.2) is 48.4 Å². The summed E-state index contributed by atoms with van der Waals surface area (Å²) < 4.78 is 0. The molecular formula is C9H10N2O. The molecule has 3 nitrogen and oxygen atoms in total. The van der Waals surface area contributed by atoms with Crippen LogP contribution in [0.25, 0.3) is 0 Å². The number of rotatable bonds is 2. The van der Waals surface area contributed by atoms with Crippen molar-refractivity contribution in [1.29, 1.82) is 0 Å². The molecule has 0 radical (unpaired) electrons. The minimum absolute atomic E-state index is 0.449. The van der Waals surface area contributed by atoms with Gasteiger partial charge in [-0.2, -0.15) is 0 Å². The van der Waals surface area contributed by atoms with E-state index in [0.717, 1.165) is 5.70 Å². The summed E-state index contributed by atoms with van der Waals surface area (Å²) in [6.07, 6.45) is 12.2. The molecule has 0 aromatic carbocycles. The Morgan fingerprint density at radius 3 is 3.00 bits per heavy atom. The summed E-state index contributed by atoms with van der Waals surface area (Å²) in [6, 6.07) is 0. The highest BCUT2D eigenvalue weighted by atomic mass is 16.1. The zero-order valence-corrected chi connectivity index (χ0v) is 6.53. The molecule has 1 rings (SSSR count). The molecule has 3 N–H and O–H groups in total. The Labute approximate surface area is 70.9 Å². The largest absolute Gasteiger partial charge is 0.366 e. The minimum atomic E-state index is -0.449. The lowest BCUT2D eigenvalue weighted by atomic mass is 10.3. The maximum atomic E-state index is 10.4. The molecule has 1 amide bonds. The molecule has 1 aliphatic heterocycles. The SMILES string of the molecule is NC(=O)/C=C/C1=CC=CC=CN1. The van der Waals surface area contributed by atoms with E-state index in [2.05, 4.69) is 5.32 Å². The maximum Gasteiger partial charge on any atom is 0.241 e. The van der Waals surface area contributed by atoms with E-state index < -0.39 is 5.91 Å². The van der Waals surface area contributed by atoms with Gasteiger partial charge in [0.2, 0.25) is 5.91 Å². The van der Waals surface area contributed by atoms with Crippen LogP contribution in [0.4, 0.5) is 0 Å². The first-order chi connectivity index (χ1) is 5.79. The van der Waals surface area contributed by atoms with Crippen molar-refractivity contribution in [2.45, 2.75) is 0 Å². The van der Waals surface area contributed by atoms with Gasteiger partial charge in [0.15, 0.2) is 0 Å². The van der Waals surface area contributed by atoms with Gasteiger partial charge in [-0.15, -0.1) is 0 Å². The van der Waals surface area contributed by atoms with Crippen molar-refractivity contribution in [2.24, 2.45) is 5.73 Å². The first kappa shape index (κ1) is 8.33. The van der Waals surface area contributed by atoms with Gasteiger partial charge in [0.25, 0.3) is 0 Å². The Morgan fingerprint density at radius 1 is 1.42 bits per heavy atom. The van der Waals surface area contributed by atoms with Crippen molar-refractivity contribution in [3.63, 3.8) is 0 Å². The normalized spacial score (nSPS) is 15.5. The van der Waals surface area contributed by atoms with Crippen molar-refractivity contribution in [3.8, 4) is 0 Å². The summed E-state index contributed by atoms with van der Waals surface area (Å²) in [7, 11) is 0. The van der Waals surface area contributed by atoms with Crippen LogP contribution in [0.3, 0.4) is 0 Å². The molecule has 0 saturated carbocycles. The predicted molar refractivity (Wildman–Crippen MR) is 47.8 cm³/mol. The highest BCUT2D eigenvalue weighted by Crippen LogP contribution is 1.96. The maximum absolute atomic E-state index is 10.4. The zero-order valence-electron chi connectivity index (χ0n) is 6.53. The van der Waals surface area contributed by atoms with Gasteiger partial charge in [0.05, 0.1) is 0 Å². The van der Waals surface area contributed by atoms with Gasteiger partial charge < -0.3 is 11.1 Å². The lowest BCUT2D eigenvalue weighted by Crippen LogP contribution is -2.07. The van der Waals surface area contributed by atoms with Crippen molar-refractivity contribution >= 4 is 5.91 Å². The topological polar surface area (TPSA) is 55.1 Å². The summed E-state index contributed by atoms with van der Waals surface area (Å²) in [5.74, 6) is -0.449. The number of allylic oxidation sites excluding steroid dienone is 5. The fraction of sp³-hybridized carbons (Fsp3) is 0. The van der Waals surface area contributed by atoms with Gasteiger partial charge in [0.1, 0.15) is 0 Å². The number of primary amides is 1. The van der Waals surface area contributed by atoms with E-state index >= 15 is 0 Å². The Morgan fingerprint density at radius 2 is 2.25 bits per heavy atom. The van der Waals surface area contributed by atoms with E-state index in [1.165, 1.54) is 6.08 Å². The first-order valence-electron chi connectivity index (χ1n) is 3.56. The molecule has 0 fully saturated rings. The van der Waals surface area contributed by atoms with Crippen molar-refractivity contribution in [1.82, 2.24) is 5.32 Å². The molecule has 0 unspecified atom stereocenters. The smallest absolute Gasteiger partial charge is 0.241 e. The predicted octanol–water partition coefficient (Wildman–Crippen LogP) is 0.585. The summed E-state index contributed by atoms with van der Waals surface area (Å²) >= 11 is 0. The molecule has 12 heavy (non-hydrogen) atoms. The van der Waals surface area contributed by atoms with Crippen LogP contribution in [0.2, 0.25) is 0 Å². The standard InChI is InChI=1S/C9H10N2O/c10-9(12)6-5-8-4-2-1-3-7-11-8/h1-7,11H,(H2,10,12)/b6-5+. The van der Waals surface area contributed by atoms with E-state index in [9.17, 15) is 4.79 Å². The third kappa shape index (κ3) is 2.88. The van der Waals surface area contributed by atoms with Crippen LogP contribution in [0.5, 0.6) is 0 Å². The molecule has 0 saturated heterocycles. The van der Waals surface area contributed by atoms with Crippen molar-refractivity contribution in [3.05, 3.63) is 48.4 Å². The van der Waals surface area contributed by atoms with E-state index in [1.54, 1.807) is 12.3 Å². The molecule has 0 spiro atoms. The van der Waals surface area contributed by atoms with E-state index in [4.69, 9.17) is 5.73 Å². The summed E-state index contributed by atoms with van der Waals surface area (Å²) in [5, 5.41) is 2.96. The molecular weight excluding hydrogens is 152 g/mol. The summed E-state index contributed by atoms with van der Waals surface area (Å²) in [4.78, 5) is 10.4. The summed E-state index contributed by atoms with van der Waals surface area (Å²) in [6.45, 7) is 0. The summed E-state index contributed by atoms with van der Waals surface area (Å²) in [5.41, 5.74) is 5.76. The molecule has 0 atom stereocenters. The number of hydrogen-bond acceptors (Lipinski definition) is 2. The lowest BCUT2D eigenvalue weighted by molar-refractivity contribution is -0.113. The van der Waals surface area contributed by atoms with E-state index in [-0.39, 0.29) is 0 Å². The second kappa shape index (κ2) is 4.18. The first-order valence-corrected chi connectivity index (χ1v) is 3.56. The molecule has 1 heterocycles. The fourth-order valence-electron chi connectivity index (χ4n) is 0.747. The van der Waals surface area contributed by atoms with E-state index in [0.29, 0.717) is 0 Å². The molecule has 0 bridgehead atoms. The molecule has 3 heteroatoms. The number of hydrogen-bond donors (Lipinski definition) is 2. The Balaban J connectivity index is 2.63. The minimum Gasteiger partial charge on any atom is -0.366 e. The van der Waals surface area contributed by atoms with Gasteiger partial charge in [-0.25, -0.2) is 0 Å².